The first-order chi connectivity index (χ1) is 8.26. The summed E-state index contributed by atoms with van der Waals surface area (Å²) in [5, 5.41) is 6.84. The standard InChI is InChI=1S/C12H17BrN2O2.ClH/c1-16-10-5-8(6-11(17-2)12(10)13)9-7-14-3-4-15-9;/h5-6,9,14-15H,3-4,7H2,1-2H3;1H/t9-;/m1./s1. The van der Waals surface area contributed by atoms with Gasteiger partial charge in [0.25, 0.3) is 0 Å². The molecular formula is C12H18BrClN2O2. The molecule has 1 atom stereocenters. The third-order valence-corrected chi connectivity index (χ3v) is 3.69. The van der Waals surface area contributed by atoms with Gasteiger partial charge in [0, 0.05) is 25.7 Å². The first-order valence-corrected chi connectivity index (χ1v) is 6.41. The Bertz CT molecular complexity index is 373. The van der Waals surface area contributed by atoms with Crippen LogP contribution in [0, 0.1) is 0 Å². The Kier molecular flexibility index (Phi) is 6.21. The molecule has 0 aromatic heterocycles. The molecule has 1 aliphatic rings. The molecule has 1 aromatic rings. The van der Waals surface area contributed by atoms with Crippen molar-refractivity contribution < 1.29 is 9.47 Å². The number of methoxy groups -OCH3 is 2. The monoisotopic (exact) mass is 336 g/mol. The van der Waals surface area contributed by atoms with Crippen molar-refractivity contribution >= 4 is 28.3 Å². The second-order valence-corrected chi connectivity index (χ2v) is 4.74. The number of rotatable bonds is 3. The van der Waals surface area contributed by atoms with Gasteiger partial charge >= 0.3 is 0 Å². The van der Waals surface area contributed by atoms with Crippen LogP contribution < -0.4 is 20.1 Å². The van der Waals surface area contributed by atoms with Gasteiger partial charge in [-0.1, -0.05) is 0 Å². The van der Waals surface area contributed by atoms with Gasteiger partial charge in [0.1, 0.15) is 16.0 Å². The van der Waals surface area contributed by atoms with Crippen LogP contribution in [0.1, 0.15) is 11.6 Å². The number of hydrogen-bond acceptors (Lipinski definition) is 4. The summed E-state index contributed by atoms with van der Waals surface area (Å²) in [6, 6.07) is 4.38. The van der Waals surface area contributed by atoms with Crippen LogP contribution in [0.5, 0.6) is 11.5 Å². The zero-order valence-corrected chi connectivity index (χ0v) is 12.9. The van der Waals surface area contributed by atoms with E-state index in [2.05, 4.69) is 26.6 Å². The van der Waals surface area contributed by atoms with Crippen LogP contribution in [-0.4, -0.2) is 33.9 Å². The molecule has 102 valence electrons. The molecule has 0 saturated carbocycles. The van der Waals surface area contributed by atoms with Crippen molar-refractivity contribution in [2.45, 2.75) is 6.04 Å². The summed E-state index contributed by atoms with van der Waals surface area (Å²) in [6.45, 7) is 2.92. The fourth-order valence-electron chi connectivity index (χ4n) is 1.98. The van der Waals surface area contributed by atoms with Crippen molar-refractivity contribution in [1.82, 2.24) is 10.6 Å². The number of halogens is 2. The van der Waals surface area contributed by atoms with Crippen molar-refractivity contribution in [3.63, 3.8) is 0 Å². The average Bonchev–Trinajstić information content (AvgIpc) is 2.40. The Labute approximate surface area is 122 Å². The van der Waals surface area contributed by atoms with E-state index in [1.54, 1.807) is 14.2 Å². The van der Waals surface area contributed by atoms with E-state index in [9.17, 15) is 0 Å². The Morgan fingerprint density at radius 2 is 1.78 bits per heavy atom. The van der Waals surface area contributed by atoms with Gasteiger partial charge in [-0.2, -0.15) is 0 Å². The van der Waals surface area contributed by atoms with Crippen molar-refractivity contribution in [1.29, 1.82) is 0 Å². The molecule has 4 nitrogen and oxygen atoms in total. The van der Waals surface area contributed by atoms with Crippen LogP contribution in [0.2, 0.25) is 0 Å². The molecular weight excluding hydrogens is 320 g/mol. The van der Waals surface area contributed by atoms with Gasteiger partial charge in [-0.05, 0) is 33.6 Å². The highest BCUT2D eigenvalue weighted by atomic mass is 79.9. The molecule has 1 heterocycles. The second-order valence-electron chi connectivity index (χ2n) is 3.95. The van der Waals surface area contributed by atoms with Crippen LogP contribution in [-0.2, 0) is 0 Å². The van der Waals surface area contributed by atoms with Crippen LogP contribution in [0.25, 0.3) is 0 Å². The van der Waals surface area contributed by atoms with Gasteiger partial charge in [0.2, 0.25) is 0 Å². The van der Waals surface area contributed by atoms with E-state index in [1.807, 2.05) is 12.1 Å². The maximum atomic E-state index is 5.34. The molecule has 0 spiro atoms. The highest BCUT2D eigenvalue weighted by Crippen LogP contribution is 2.37. The van der Waals surface area contributed by atoms with Crippen molar-refractivity contribution in [2.75, 3.05) is 33.9 Å². The highest BCUT2D eigenvalue weighted by Gasteiger charge is 2.18. The van der Waals surface area contributed by atoms with Crippen LogP contribution >= 0.6 is 28.3 Å². The Morgan fingerprint density at radius 1 is 1.17 bits per heavy atom. The third-order valence-electron chi connectivity index (χ3n) is 2.91. The molecule has 1 aliphatic heterocycles. The lowest BCUT2D eigenvalue weighted by Gasteiger charge is -2.25. The molecule has 1 saturated heterocycles. The van der Waals surface area contributed by atoms with E-state index < -0.39 is 0 Å². The fourth-order valence-corrected chi connectivity index (χ4v) is 2.53. The number of piperazine rings is 1. The van der Waals surface area contributed by atoms with Crippen LogP contribution in [0.15, 0.2) is 16.6 Å². The summed E-state index contributed by atoms with van der Waals surface area (Å²) < 4.78 is 11.5. The SMILES string of the molecule is COc1cc([C@H]2CNCCN2)cc(OC)c1Br.Cl. The predicted molar refractivity (Wildman–Crippen MR) is 78.1 cm³/mol. The van der Waals surface area contributed by atoms with E-state index in [4.69, 9.17) is 9.47 Å². The molecule has 0 unspecified atom stereocenters. The first kappa shape index (κ1) is 15.6. The quantitative estimate of drug-likeness (QED) is 0.887. The molecule has 18 heavy (non-hydrogen) atoms. The van der Waals surface area contributed by atoms with Gasteiger partial charge in [-0.25, -0.2) is 0 Å². The van der Waals surface area contributed by atoms with E-state index in [0.29, 0.717) is 6.04 Å². The first-order valence-electron chi connectivity index (χ1n) is 5.61. The normalized spacial score (nSPS) is 18.9. The number of nitrogens with one attached hydrogen (secondary N) is 2. The summed E-state index contributed by atoms with van der Waals surface area (Å²) in [6.07, 6.45) is 0. The molecule has 2 rings (SSSR count). The zero-order valence-electron chi connectivity index (χ0n) is 10.5. The minimum Gasteiger partial charge on any atom is -0.495 e. The smallest absolute Gasteiger partial charge is 0.137 e. The summed E-state index contributed by atoms with van der Waals surface area (Å²) in [7, 11) is 3.33. The minimum absolute atomic E-state index is 0. The van der Waals surface area contributed by atoms with Crippen molar-refractivity contribution in [3.8, 4) is 11.5 Å². The lowest BCUT2D eigenvalue weighted by molar-refractivity contribution is 0.382. The maximum Gasteiger partial charge on any atom is 0.137 e. The van der Waals surface area contributed by atoms with Gasteiger partial charge in [0.05, 0.1) is 14.2 Å². The maximum absolute atomic E-state index is 5.34. The van der Waals surface area contributed by atoms with Crippen LogP contribution in [0.4, 0.5) is 0 Å². The Morgan fingerprint density at radius 3 is 2.22 bits per heavy atom. The van der Waals surface area contributed by atoms with E-state index in [1.165, 1.54) is 5.56 Å². The largest absolute Gasteiger partial charge is 0.495 e. The molecule has 2 N–H and O–H groups in total. The van der Waals surface area contributed by atoms with Gasteiger partial charge in [0.15, 0.2) is 0 Å². The van der Waals surface area contributed by atoms with Crippen molar-refractivity contribution in [2.24, 2.45) is 0 Å². The fraction of sp³-hybridized carbons (Fsp3) is 0.500. The topological polar surface area (TPSA) is 42.5 Å². The summed E-state index contributed by atoms with van der Waals surface area (Å²) in [4.78, 5) is 0. The molecule has 0 aliphatic carbocycles. The predicted octanol–water partition coefficient (Wildman–Crippen LogP) is 2.12. The number of ether oxygens (including phenoxy) is 2. The summed E-state index contributed by atoms with van der Waals surface area (Å²) >= 11 is 3.47. The lowest BCUT2D eigenvalue weighted by atomic mass is 10.0. The third kappa shape index (κ3) is 3.29. The van der Waals surface area contributed by atoms with Gasteiger partial charge < -0.3 is 20.1 Å². The molecule has 6 heteroatoms. The van der Waals surface area contributed by atoms with E-state index >= 15 is 0 Å². The number of hydrogen-bond donors (Lipinski definition) is 2. The average molecular weight is 338 g/mol. The molecule has 0 amide bonds. The second kappa shape index (κ2) is 7.19. The molecule has 0 radical (unpaired) electrons. The van der Waals surface area contributed by atoms with Crippen molar-refractivity contribution in [3.05, 3.63) is 22.2 Å². The van der Waals surface area contributed by atoms with E-state index in [-0.39, 0.29) is 12.4 Å². The number of benzene rings is 1. The van der Waals surface area contributed by atoms with Gasteiger partial charge in [-0.15, -0.1) is 12.4 Å². The summed E-state index contributed by atoms with van der Waals surface area (Å²) in [5.41, 5.74) is 1.18. The van der Waals surface area contributed by atoms with E-state index in [0.717, 1.165) is 35.6 Å². The molecule has 1 fully saturated rings. The summed E-state index contributed by atoms with van der Waals surface area (Å²) in [5.74, 6) is 1.60. The minimum atomic E-state index is 0. The molecule has 1 aromatic carbocycles. The van der Waals surface area contributed by atoms with Gasteiger partial charge in [-0.3, -0.25) is 0 Å². The lowest BCUT2D eigenvalue weighted by Crippen LogP contribution is -2.42. The zero-order chi connectivity index (χ0) is 12.3. The molecule has 0 bridgehead atoms. The van der Waals surface area contributed by atoms with Crippen LogP contribution in [0.3, 0.4) is 0 Å². The Balaban J connectivity index is 0.00000162. The highest BCUT2D eigenvalue weighted by molar-refractivity contribution is 9.10. The Hall–Kier alpha value is -0.490.